The van der Waals surface area contributed by atoms with Gasteiger partial charge >= 0.3 is 0 Å². The highest BCUT2D eigenvalue weighted by atomic mass is 127. The maximum absolute atomic E-state index is 12.0. The van der Waals surface area contributed by atoms with Crippen molar-refractivity contribution in [2.75, 3.05) is 6.61 Å². The topological polar surface area (TPSA) is 50.7 Å². The van der Waals surface area contributed by atoms with Crippen molar-refractivity contribution in [3.05, 3.63) is 63.2 Å². The number of benzene rings is 2. The van der Waals surface area contributed by atoms with E-state index in [0.717, 1.165) is 21.3 Å². The summed E-state index contributed by atoms with van der Waals surface area (Å²) in [4.78, 5) is 12.0. The van der Waals surface area contributed by atoms with E-state index in [2.05, 4.69) is 33.1 Å². The van der Waals surface area contributed by atoms with Crippen molar-refractivity contribution < 1.29 is 9.53 Å². The van der Waals surface area contributed by atoms with Crippen LogP contribution in [0.15, 0.2) is 53.6 Å². The fourth-order valence-electron chi connectivity index (χ4n) is 1.74. The zero-order valence-electron chi connectivity index (χ0n) is 12.3. The van der Waals surface area contributed by atoms with Gasteiger partial charge in [-0.05, 0) is 71.0 Å². The highest BCUT2D eigenvalue weighted by molar-refractivity contribution is 14.1. The lowest BCUT2D eigenvalue weighted by atomic mass is 10.2. The molecule has 0 bridgehead atoms. The third-order valence-corrected chi connectivity index (χ3v) is 3.49. The molecule has 0 atom stereocenters. The first kappa shape index (κ1) is 16.5. The van der Waals surface area contributed by atoms with Crippen molar-refractivity contribution in [2.45, 2.75) is 13.3 Å². The molecule has 0 saturated heterocycles. The maximum atomic E-state index is 12.0. The van der Waals surface area contributed by atoms with Gasteiger partial charge in [0.05, 0.1) is 12.8 Å². The second-order valence-corrected chi connectivity index (χ2v) is 5.87. The number of rotatable bonds is 6. The summed E-state index contributed by atoms with van der Waals surface area (Å²) in [6, 6.07) is 14.9. The van der Waals surface area contributed by atoms with Crippen molar-refractivity contribution in [1.82, 2.24) is 5.43 Å². The Morgan fingerprint density at radius 2 is 2.05 bits per heavy atom. The van der Waals surface area contributed by atoms with E-state index in [9.17, 15) is 4.79 Å². The van der Waals surface area contributed by atoms with Crippen molar-refractivity contribution in [3.63, 3.8) is 0 Å². The van der Waals surface area contributed by atoms with E-state index in [1.807, 2.05) is 31.2 Å². The zero-order chi connectivity index (χ0) is 15.8. The Morgan fingerprint density at radius 1 is 1.27 bits per heavy atom. The second kappa shape index (κ2) is 8.53. The molecule has 2 aromatic rings. The first-order chi connectivity index (χ1) is 10.7. The fourth-order valence-corrected chi connectivity index (χ4v) is 2.31. The smallest absolute Gasteiger partial charge is 0.271 e. The quantitative estimate of drug-likeness (QED) is 0.449. The molecule has 0 saturated carbocycles. The van der Waals surface area contributed by atoms with E-state index in [0.29, 0.717) is 12.2 Å². The van der Waals surface area contributed by atoms with E-state index in [1.54, 1.807) is 30.5 Å². The molecule has 0 aliphatic heterocycles. The lowest BCUT2D eigenvalue weighted by Gasteiger charge is -2.05. The molecular formula is C17H17IN2O2. The summed E-state index contributed by atoms with van der Waals surface area (Å²) in [5.74, 6) is 0.518. The Labute approximate surface area is 143 Å². The van der Waals surface area contributed by atoms with Crippen LogP contribution in [0, 0.1) is 3.57 Å². The van der Waals surface area contributed by atoms with Gasteiger partial charge in [-0.2, -0.15) is 5.10 Å². The lowest BCUT2D eigenvalue weighted by molar-refractivity contribution is 0.0955. The number of hydrogen-bond acceptors (Lipinski definition) is 3. The van der Waals surface area contributed by atoms with Crippen LogP contribution < -0.4 is 10.2 Å². The molecule has 0 aliphatic rings. The van der Waals surface area contributed by atoms with Crippen molar-refractivity contribution >= 4 is 34.7 Å². The lowest BCUT2D eigenvalue weighted by Crippen LogP contribution is -2.17. The molecule has 1 amide bonds. The largest absolute Gasteiger partial charge is 0.494 e. The number of nitrogens with zero attached hydrogens (tertiary/aromatic N) is 1. The van der Waals surface area contributed by atoms with E-state index < -0.39 is 0 Å². The van der Waals surface area contributed by atoms with Crippen LogP contribution in [-0.2, 0) is 0 Å². The van der Waals surface area contributed by atoms with Gasteiger partial charge in [0.1, 0.15) is 5.75 Å². The summed E-state index contributed by atoms with van der Waals surface area (Å²) in [5, 5.41) is 3.97. The molecular weight excluding hydrogens is 391 g/mol. The van der Waals surface area contributed by atoms with E-state index in [1.165, 1.54) is 0 Å². The minimum Gasteiger partial charge on any atom is -0.494 e. The fraction of sp³-hybridized carbons (Fsp3) is 0.176. The van der Waals surface area contributed by atoms with Gasteiger partial charge in [0.2, 0.25) is 0 Å². The van der Waals surface area contributed by atoms with Gasteiger partial charge < -0.3 is 4.74 Å². The normalized spacial score (nSPS) is 10.6. The highest BCUT2D eigenvalue weighted by Gasteiger charge is 2.04. The van der Waals surface area contributed by atoms with Crippen LogP contribution in [0.1, 0.15) is 29.3 Å². The van der Waals surface area contributed by atoms with E-state index in [4.69, 9.17) is 4.74 Å². The minimum absolute atomic E-state index is 0.246. The Morgan fingerprint density at radius 3 is 2.73 bits per heavy atom. The Kier molecular flexibility index (Phi) is 6.39. The standard InChI is InChI=1S/C17H17IN2O2/c1-2-10-22-16-8-6-14(7-9-16)17(21)20-19-12-13-4-3-5-15(18)11-13/h3-9,11-12H,2,10H2,1H3,(H,20,21)/b19-12-. The summed E-state index contributed by atoms with van der Waals surface area (Å²) >= 11 is 2.23. The molecule has 2 rings (SSSR count). The number of hydrazone groups is 1. The molecule has 22 heavy (non-hydrogen) atoms. The molecule has 0 heterocycles. The molecule has 1 N–H and O–H groups in total. The molecule has 0 unspecified atom stereocenters. The van der Waals surface area contributed by atoms with Gasteiger partial charge in [-0.3, -0.25) is 4.79 Å². The molecule has 0 fully saturated rings. The maximum Gasteiger partial charge on any atom is 0.271 e. The number of hydrogen-bond donors (Lipinski definition) is 1. The number of ether oxygens (including phenoxy) is 1. The SMILES string of the molecule is CCCOc1ccc(C(=O)N/N=C\c2cccc(I)c2)cc1. The number of nitrogens with one attached hydrogen (secondary N) is 1. The van der Waals surface area contributed by atoms with Crippen LogP contribution in [0.5, 0.6) is 5.75 Å². The van der Waals surface area contributed by atoms with Crippen LogP contribution in [-0.4, -0.2) is 18.7 Å². The molecule has 2 aromatic carbocycles. The summed E-state index contributed by atoms with van der Waals surface area (Å²) in [6.45, 7) is 2.72. The Balaban J connectivity index is 1.91. The first-order valence-corrected chi connectivity index (χ1v) is 8.08. The average molecular weight is 408 g/mol. The average Bonchev–Trinajstić information content (AvgIpc) is 2.53. The van der Waals surface area contributed by atoms with Gasteiger partial charge in [-0.1, -0.05) is 19.1 Å². The van der Waals surface area contributed by atoms with Crippen molar-refractivity contribution in [3.8, 4) is 5.75 Å². The van der Waals surface area contributed by atoms with Gasteiger partial charge in [0.15, 0.2) is 0 Å². The predicted molar refractivity (Wildman–Crippen MR) is 96.4 cm³/mol. The Hall–Kier alpha value is -1.89. The minimum atomic E-state index is -0.246. The van der Waals surface area contributed by atoms with E-state index >= 15 is 0 Å². The molecule has 0 aliphatic carbocycles. The summed E-state index contributed by atoms with van der Waals surface area (Å²) < 4.78 is 6.60. The van der Waals surface area contributed by atoms with Gasteiger partial charge in [0.25, 0.3) is 5.91 Å². The second-order valence-electron chi connectivity index (χ2n) is 4.63. The molecule has 114 valence electrons. The number of halogens is 1. The third-order valence-electron chi connectivity index (χ3n) is 2.82. The molecule has 5 heteroatoms. The summed E-state index contributed by atoms with van der Waals surface area (Å²) in [5.41, 5.74) is 4.00. The molecule has 4 nitrogen and oxygen atoms in total. The van der Waals surface area contributed by atoms with Crippen LogP contribution in [0.4, 0.5) is 0 Å². The predicted octanol–water partition coefficient (Wildman–Crippen LogP) is 3.84. The number of carbonyl (C=O) groups is 1. The molecule has 0 radical (unpaired) electrons. The van der Waals surface area contributed by atoms with Crippen LogP contribution in [0.3, 0.4) is 0 Å². The van der Waals surface area contributed by atoms with E-state index in [-0.39, 0.29) is 5.91 Å². The van der Waals surface area contributed by atoms with Crippen molar-refractivity contribution in [1.29, 1.82) is 0 Å². The van der Waals surface area contributed by atoms with Gasteiger partial charge in [0, 0.05) is 9.13 Å². The summed E-state index contributed by atoms with van der Waals surface area (Å²) in [6.07, 6.45) is 2.58. The third kappa shape index (κ3) is 5.14. The number of carbonyl (C=O) groups excluding carboxylic acids is 1. The monoisotopic (exact) mass is 408 g/mol. The summed E-state index contributed by atoms with van der Waals surface area (Å²) in [7, 11) is 0. The molecule has 0 aromatic heterocycles. The van der Waals surface area contributed by atoms with Crippen LogP contribution >= 0.6 is 22.6 Å². The van der Waals surface area contributed by atoms with Crippen LogP contribution in [0.25, 0.3) is 0 Å². The zero-order valence-corrected chi connectivity index (χ0v) is 14.4. The number of amides is 1. The Bertz CT molecular complexity index is 654. The highest BCUT2D eigenvalue weighted by Crippen LogP contribution is 2.12. The molecule has 0 spiro atoms. The van der Waals surface area contributed by atoms with Crippen molar-refractivity contribution in [2.24, 2.45) is 5.10 Å². The van der Waals surface area contributed by atoms with Crippen LogP contribution in [0.2, 0.25) is 0 Å². The first-order valence-electron chi connectivity index (χ1n) is 7.01. The van der Waals surface area contributed by atoms with Gasteiger partial charge in [-0.15, -0.1) is 0 Å². The van der Waals surface area contributed by atoms with Gasteiger partial charge in [-0.25, -0.2) is 5.43 Å².